The molecule has 1 rings (SSSR count). The Hall–Kier alpha value is -3.72. The Morgan fingerprint density at radius 3 is 2.02 bits per heavy atom. The Bertz CT molecular complexity index is 1230. The van der Waals surface area contributed by atoms with Gasteiger partial charge in [-0.3, -0.25) is 18.9 Å². The lowest BCUT2D eigenvalue weighted by Gasteiger charge is -2.29. The summed E-state index contributed by atoms with van der Waals surface area (Å²) in [4.78, 5) is 64.2. The van der Waals surface area contributed by atoms with Crippen molar-refractivity contribution >= 4 is 43.1 Å². The van der Waals surface area contributed by atoms with Gasteiger partial charge in [-0.1, -0.05) is 26.0 Å². The average molecular weight is 687 g/mol. The lowest BCUT2D eigenvalue weighted by atomic mass is 10.0. The molecule has 0 fully saturated rings. The van der Waals surface area contributed by atoms with Crippen molar-refractivity contribution in [2.24, 2.45) is 11.7 Å². The molecular weight excluding hydrogens is 635 g/mol. The zero-order chi connectivity index (χ0) is 35.8. The summed E-state index contributed by atoms with van der Waals surface area (Å²) >= 11 is 0. The van der Waals surface area contributed by atoms with Gasteiger partial charge in [0.15, 0.2) is 6.10 Å². The number of carbonyl (C=O) groups is 5. The molecule has 8 N–H and O–H groups in total. The zero-order valence-electron chi connectivity index (χ0n) is 28.2. The number of amides is 6. The fourth-order valence-corrected chi connectivity index (χ4v) is 5.85. The van der Waals surface area contributed by atoms with Gasteiger partial charge in [0.1, 0.15) is 12.1 Å². The van der Waals surface area contributed by atoms with Crippen molar-refractivity contribution in [2.45, 2.75) is 91.6 Å². The molecule has 0 saturated carbocycles. The summed E-state index contributed by atoms with van der Waals surface area (Å²) in [5.74, 6) is -2.74. The van der Waals surface area contributed by atoms with Crippen molar-refractivity contribution in [3.8, 4) is 0 Å². The Balaban J connectivity index is 3.25. The standard InChI is InChI=1S/C30H51N6O10P/c1-8-44-47(43,45-9-2)18-23(46-29(42)36-30(5,6)7)26(39)35-24(19(3)4)27(40)34-22(11-10-16-32-28(31)41)25(38)33-21-14-12-20(17-37)13-15-21/h12-15,19,22-24,37H,8-11,16-18H2,1-7H3,(H,33,38)(H,34,40)(H,35,39)(H,36,42)(H3,31,32,41)/t22-,23-,24-/m0/s1. The molecular formula is C30H51N6O10P. The smallest absolute Gasteiger partial charge is 0.408 e. The lowest BCUT2D eigenvalue weighted by molar-refractivity contribution is -0.135. The van der Waals surface area contributed by atoms with Gasteiger partial charge in [-0.15, -0.1) is 0 Å². The van der Waals surface area contributed by atoms with Crippen molar-refractivity contribution in [1.82, 2.24) is 21.3 Å². The highest BCUT2D eigenvalue weighted by molar-refractivity contribution is 7.53. The first kappa shape index (κ1) is 41.3. The maximum atomic E-state index is 13.6. The summed E-state index contributed by atoms with van der Waals surface area (Å²) in [6.45, 7) is 11.6. The molecule has 0 aliphatic heterocycles. The second-order valence-corrected chi connectivity index (χ2v) is 14.1. The number of carbonyl (C=O) groups excluding carboxylic acids is 5. The molecule has 266 valence electrons. The Kier molecular flexibility index (Phi) is 17.4. The molecule has 0 aliphatic rings. The van der Waals surface area contributed by atoms with E-state index in [0.717, 1.165) is 0 Å². The maximum Gasteiger partial charge on any atom is 0.408 e. The number of hydrogen-bond donors (Lipinski definition) is 7. The number of ether oxygens (including phenoxy) is 1. The maximum absolute atomic E-state index is 13.6. The third kappa shape index (κ3) is 16.1. The molecule has 1 aromatic rings. The minimum Gasteiger partial charge on any atom is -0.435 e. The summed E-state index contributed by atoms with van der Waals surface area (Å²) in [6, 6.07) is 3.36. The first-order valence-electron chi connectivity index (χ1n) is 15.4. The second-order valence-electron chi connectivity index (χ2n) is 12.0. The molecule has 3 atom stereocenters. The second kappa shape index (κ2) is 19.8. The van der Waals surface area contributed by atoms with Gasteiger partial charge in [0, 0.05) is 17.8 Å². The van der Waals surface area contributed by atoms with Gasteiger partial charge in [-0.25, -0.2) is 9.59 Å². The Morgan fingerprint density at radius 1 is 0.936 bits per heavy atom. The minimum atomic E-state index is -3.90. The largest absolute Gasteiger partial charge is 0.435 e. The number of urea groups is 1. The molecule has 1 aromatic carbocycles. The molecule has 0 spiro atoms. The highest BCUT2D eigenvalue weighted by atomic mass is 31.2. The molecule has 0 unspecified atom stereocenters. The van der Waals surface area contributed by atoms with Crippen LogP contribution in [0.1, 0.15) is 66.9 Å². The van der Waals surface area contributed by atoms with Gasteiger partial charge in [0.05, 0.1) is 26.0 Å². The van der Waals surface area contributed by atoms with Crippen LogP contribution in [0.2, 0.25) is 0 Å². The average Bonchev–Trinajstić information content (AvgIpc) is 2.96. The van der Waals surface area contributed by atoms with E-state index < -0.39 is 73.2 Å². The summed E-state index contributed by atoms with van der Waals surface area (Å²) < 4.78 is 29.3. The van der Waals surface area contributed by atoms with E-state index in [-0.39, 0.29) is 39.2 Å². The fraction of sp³-hybridized carbons (Fsp3) is 0.633. The van der Waals surface area contributed by atoms with E-state index in [1.165, 1.54) is 0 Å². The fourth-order valence-electron chi connectivity index (χ4n) is 4.13. The van der Waals surface area contributed by atoms with Crippen LogP contribution in [0.3, 0.4) is 0 Å². The molecule has 6 amide bonds. The molecule has 16 nitrogen and oxygen atoms in total. The van der Waals surface area contributed by atoms with E-state index >= 15 is 0 Å². The molecule has 17 heteroatoms. The van der Waals surface area contributed by atoms with Gasteiger partial charge in [0.25, 0.3) is 5.91 Å². The Labute approximate surface area is 276 Å². The molecule has 47 heavy (non-hydrogen) atoms. The highest BCUT2D eigenvalue weighted by Crippen LogP contribution is 2.49. The van der Waals surface area contributed by atoms with Crippen molar-refractivity contribution in [3.63, 3.8) is 0 Å². The van der Waals surface area contributed by atoms with Gasteiger partial charge in [-0.2, -0.15) is 0 Å². The van der Waals surface area contributed by atoms with E-state index in [9.17, 15) is 33.6 Å². The number of rotatable bonds is 19. The summed E-state index contributed by atoms with van der Waals surface area (Å²) in [5.41, 5.74) is 5.46. The van der Waals surface area contributed by atoms with E-state index in [2.05, 4.69) is 26.6 Å². The zero-order valence-corrected chi connectivity index (χ0v) is 29.1. The predicted molar refractivity (Wildman–Crippen MR) is 175 cm³/mol. The molecule has 0 radical (unpaired) electrons. The van der Waals surface area contributed by atoms with Crippen LogP contribution in [-0.2, 0) is 39.3 Å². The number of nitrogens with two attached hydrogens (primary N) is 1. The van der Waals surface area contributed by atoms with Crippen LogP contribution in [0.15, 0.2) is 24.3 Å². The number of aliphatic hydroxyl groups excluding tert-OH is 1. The molecule has 0 heterocycles. The van der Waals surface area contributed by atoms with Crippen LogP contribution in [0, 0.1) is 5.92 Å². The SMILES string of the molecule is CCOP(=O)(C[C@H](OC(=O)NC(C)(C)C)C(=O)N[C@H](C(=O)N[C@@H](CCCNC(N)=O)C(=O)Nc1ccc(CO)cc1)C(C)C)OCC. The van der Waals surface area contributed by atoms with E-state index in [0.29, 0.717) is 11.3 Å². The van der Waals surface area contributed by atoms with Crippen LogP contribution in [0.4, 0.5) is 15.3 Å². The third-order valence-corrected chi connectivity index (χ3v) is 8.39. The number of anilines is 1. The van der Waals surface area contributed by atoms with Crippen molar-refractivity contribution in [3.05, 3.63) is 29.8 Å². The quantitative estimate of drug-likeness (QED) is 0.0828. The van der Waals surface area contributed by atoms with Crippen molar-refractivity contribution in [1.29, 1.82) is 0 Å². The highest BCUT2D eigenvalue weighted by Gasteiger charge is 2.38. The van der Waals surface area contributed by atoms with Crippen LogP contribution in [-0.4, -0.2) is 84.6 Å². The summed E-state index contributed by atoms with van der Waals surface area (Å²) in [6.07, 6.45) is -2.88. The van der Waals surface area contributed by atoms with E-state index in [1.807, 2.05) is 0 Å². The number of aliphatic hydroxyl groups is 1. The summed E-state index contributed by atoms with van der Waals surface area (Å²) in [5, 5.41) is 22.2. The predicted octanol–water partition coefficient (Wildman–Crippen LogP) is 2.35. The number of hydrogen-bond acceptors (Lipinski definition) is 10. The van der Waals surface area contributed by atoms with Gasteiger partial charge in [-0.05, 0) is 71.1 Å². The number of benzene rings is 1. The van der Waals surface area contributed by atoms with Crippen LogP contribution in [0.5, 0.6) is 0 Å². The van der Waals surface area contributed by atoms with Crippen molar-refractivity contribution < 1.29 is 47.4 Å². The van der Waals surface area contributed by atoms with Gasteiger partial charge < -0.3 is 51.2 Å². The molecule has 0 aliphatic carbocycles. The lowest BCUT2D eigenvalue weighted by Crippen LogP contribution is -2.57. The minimum absolute atomic E-state index is 0.000815. The first-order valence-corrected chi connectivity index (χ1v) is 17.2. The number of nitrogens with one attached hydrogen (secondary N) is 5. The molecule has 0 bridgehead atoms. The van der Waals surface area contributed by atoms with Crippen LogP contribution in [0.25, 0.3) is 0 Å². The van der Waals surface area contributed by atoms with E-state index in [1.54, 1.807) is 72.7 Å². The molecule has 0 saturated heterocycles. The Morgan fingerprint density at radius 2 is 1.53 bits per heavy atom. The summed E-state index contributed by atoms with van der Waals surface area (Å²) in [7, 11) is -3.90. The van der Waals surface area contributed by atoms with Gasteiger partial charge in [0.2, 0.25) is 11.8 Å². The topological polar surface area (TPSA) is 237 Å². The van der Waals surface area contributed by atoms with Crippen LogP contribution < -0.4 is 32.3 Å². The number of primary amides is 1. The monoisotopic (exact) mass is 686 g/mol. The van der Waals surface area contributed by atoms with Crippen molar-refractivity contribution in [2.75, 3.05) is 31.2 Å². The van der Waals surface area contributed by atoms with E-state index in [4.69, 9.17) is 19.5 Å². The normalized spacial score (nSPS) is 13.6. The van der Waals surface area contributed by atoms with Gasteiger partial charge >= 0.3 is 19.7 Å². The van der Waals surface area contributed by atoms with Crippen LogP contribution >= 0.6 is 7.60 Å². The number of alkyl carbamates (subject to hydrolysis) is 1. The molecule has 0 aromatic heterocycles. The first-order chi connectivity index (χ1) is 21.9. The third-order valence-electron chi connectivity index (χ3n) is 6.31.